The highest BCUT2D eigenvalue weighted by atomic mass is 19.1. The molecule has 8 nitrogen and oxygen atoms in total. The van der Waals surface area contributed by atoms with Gasteiger partial charge in [0.1, 0.15) is 5.82 Å². The van der Waals surface area contributed by atoms with Crippen LogP contribution in [0, 0.1) is 5.82 Å². The smallest absolute Gasteiger partial charge is 0.317 e. The van der Waals surface area contributed by atoms with E-state index in [-0.39, 0.29) is 17.5 Å². The average Bonchev–Trinajstić information content (AvgIpc) is 3.35. The molecule has 3 heterocycles. The van der Waals surface area contributed by atoms with Crippen molar-refractivity contribution < 1.29 is 13.5 Å². The SMILES string of the molecule is C=C1Nc2ccccc2C(c2ccccc2)=NC1Nc1nnc(-c2ccc(N3CCOCC3)cc2F)o1. The number of hydrogen-bond donors (Lipinski definition) is 2. The summed E-state index contributed by atoms with van der Waals surface area (Å²) in [6.45, 7) is 6.87. The van der Waals surface area contributed by atoms with E-state index < -0.39 is 12.0 Å². The molecule has 1 aromatic heterocycles. The summed E-state index contributed by atoms with van der Waals surface area (Å²) in [6, 6.07) is 23.0. The van der Waals surface area contributed by atoms with Gasteiger partial charge in [-0.2, -0.15) is 0 Å². The van der Waals surface area contributed by atoms with Crippen LogP contribution in [0.1, 0.15) is 11.1 Å². The maximum absolute atomic E-state index is 15.0. The van der Waals surface area contributed by atoms with Gasteiger partial charge in [0.15, 0.2) is 6.17 Å². The first kappa shape index (κ1) is 22.9. The molecule has 2 N–H and O–H groups in total. The molecule has 1 saturated heterocycles. The van der Waals surface area contributed by atoms with Gasteiger partial charge in [-0.3, -0.25) is 4.99 Å². The number of morpholine rings is 1. The molecule has 186 valence electrons. The Kier molecular flexibility index (Phi) is 6.11. The average molecular weight is 497 g/mol. The van der Waals surface area contributed by atoms with Crippen LogP contribution in [-0.2, 0) is 4.74 Å². The van der Waals surface area contributed by atoms with Crippen molar-refractivity contribution in [2.45, 2.75) is 6.17 Å². The fourth-order valence-corrected chi connectivity index (χ4v) is 4.47. The lowest BCUT2D eigenvalue weighted by atomic mass is 10.0. The number of nitrogens with zero attached hydrogens (tertiary/aromatic N) is 4. The van der Waals surface area contributed by atoms with E-state index in [1.165, 1.54) is 6.07 Å². The number of ether oxygens (including phenoxy) is 1. The Morgan fingerprint density at radius 3 is 2.54 bits per heavy atom. The minimum Gasteiger partial charge on any atom is -0.403 e. The summed E-state index contributed by atoms with van der Waals surface area (Å²) < 4.78 is 26.2. The van der Waals surface area contributed by atoms with Gasteiger partial charge in [-0.1, -0.05) is 60.2 Å². The number of hydrogen-bond acceptors (Lipinski definition) is 8. The Morgan fingerprint density at radius 2 is 1.73 bits per heavy atom. The molecule has 1 fully saturated rings. The summed E-state index contributed by atoms with van der Waals surface area (Å²) in [5.74, 6) is -0.351. The summed E-state index contributed by atoms with van der Waals surface area (Å²) in [4.78, 5) is 7.04. The molecule has 0 amide bonds. The second-order valence-corrected chi connectivity index (χ2v) is 8.76. The molecule has 2 aliphatic heterocycles. The zero-order chi connectivity index (χ0) is 25.2. The van der Waals surface area contributed by atoms with E-state index in [0.29, 0.717) is 18.9 Å². The van der Waals surface area contributed by atoms with Crippen molar-refractivity contribution in [1.82, 2.24) is 10.2 Å². The van der Waals surface area contributed by atoms with Crippen LogP contribution in [-0.4, -0.2) is 48.4 Å². The third kappa shape index (κ3) is 4.68. The zero-order valence-corrected chi connectivity index (χ0v) is 20.0. The second kappa shape index (κ2) is 9.87. The molecular weight excluding hydrogens is 471 g/mol. The van der Waals surface area contributed by atoms with Crippen LogP contribution >= 0.6 is 0 Å². The standard InChI is InChI=1S/C28H25FN6O2/c1-18-26(31-25(19-7-3-2-4-8-19)22-9-5-6-10-24(22)30-18)32-28-34-33-27(37-28)21-12-11-20(17-23(21)29)35-13-15-36-16-14-35/h2-12,17,26,30H,1,13-16H2,(H,32,34). The Morgan fingerprint density at radius 1 is 0.946 bits per heavy atom. The van der Waals surface area contributed by atoms with Crippen LogP contribution in [0.15, 0.2) is 94.5 Å². The maximum Gasteiger partial charge on any atom is 0.317 e. The van der Waals surface area contributed by atoms with Crippen molar-refractivity contribution >= 4 is 23.1 Å². The molecule has 1 atom stereocenters. The van der Waals surface area contributed by atoms with Gasteiger partial charge in [0.05, 0.1) is 30.2 Å². The van der Waals surface area contributed by atoms with Crippen LogP contribution in [0.5, 0.6) is 0 Å². The van der Waals surface area contributed by atoms with E-state index in [4.69, 9.17) is 14.1 Å². The summed E-state index contributed by atoms with van der Waals surface area (Å²) in [7, 11) is 0. The number of rotatable bonds is 5. The van der Waals surface area contributed by atoms with Crippen LogP contribution < -0.4 is 15.5 Å². The number of halogens is 1. The molecule has 0 aliphatic carbocycles. The van der Waals surface area contributed by atoms with Gasteiger partial charge in [0.2, 0.25) is 0 Å². The highest BCUT2D eigenvalue weighted by molar-refractivity contribution is 6.16. The zero-order valence-electron chi connectivity index (χ0n) is 20.0. The molecule has 2 aliphatic rings. The largest absolute Gasteiger partial charge is 0.403 e. The van der Waals surface area contributed by atoms with Crippen molar-refractivity contribution in [3.8, 4) is 11.5 Å². The van der Waals surface area contributed by atoms with E-state index in [2.05, 4.69) is 32.3 Å². The van der Waals surface area contributed by atoms with Gasteiger partial charge in [-0.05, 0) is 24.3 Å². The first-order valence-electron chi connectivity index (χ1n) is 12.1. The lowest BCUT2D eigenvalue weighted by molar-refractivity contribution is 0.122. The Labute approximate surface area is 213 Å². The Hall–Kier alpha value is -4.50. The molecule has 0 saturated carbocycles. The lowest BCUT2D eigenvalue weighted by Crippen LogP contribution is -2.36. The molecule has 3 aromatic carbocycles. The van der Waals surface area contributed by atoms with Gasteiger partial charge in [0, 0.05) is 35.6 Å². The lowest BCUT2D eigenvalue weighted by Gasteiger charge is -2.28. The van der Waals surface area contributed by atoms with Gasteiger partial charge < -0.3 is 24.7 Å². The summed E-state index contributed by atoms with van der Waals surface area (Å²) in [5.41, 5.74) is 5.25. The van der Waals surface area contributed by atoms with Gasteiger partial charge >= 0.3 is 6.01 Å². The first-order chi connectivity index (χ1) is 18.2. The number of nitrogens with one attached hydrogen (secondary N) is 2. The molecular formula is C28H25FN6O2. The van der Waals surface area contributed by atoms with Crippen molar-refractivity contribution in [2.24, 2.45) is 4.99 Å². The monoisotopic (exact) mass is 496 g/mol. The highest BCUT2D eigenvalue weighted by Crippen LogP contribution is 2.30. The van der Waals surface area contributed by atoms with E-state index in [1.807, 2.05) is 60.7 Å². The number of fused-ring (bicyclic) bond motifs is 1. The molecule has 9 heteroatoms. The minimum absolute atomic E-state index is 0.0799. The fourth-order valence-electron chi connectivity index (χ4n) is 4.47. The summed E-state index contributed by atoms with van der Waals surface area (Å²) >= 11 is 0. The summed E-state index contributed by atoms with van der Waals surface area (Å²) in [6.07, 6.45) is -0.607. The number of aliphatic imine (C=N–C) groups is 1. The number of benzodiazepines with no additional fused rings is 1. The van der Waals surface area contributed by atoms with Crippen molar-refractivity contribution in [2.75, 3.05) is 41.8 Å². The second-order valence-electron chi connectivity index (χ2n) is 8.76. The van der Waals surface area contributed by atoms with E-state index in [1.54, 1.807) is 6.07 Å². The number of aromatic nitrogens is 2. The first-order valence-corrected chi connectivity index (χ1v) is 12.1. The number of anilines is 3. The molecule has 0 radical (unpaired) electrons. The van der Waals surface area contributed by atoms with E-state index >= 15 is 4.39 Å². The fraction of sp³-hybridized carbons (Fsp3) is 0.179. The van der Waals surface area contributed by atoms with Crippen LogP contribution in [0.25, 0.3) is 11.5 Å². The molecule has 4 aromatic rings. The topological polar surface area (TPSA) is 87.8 Å². The van der Waals surface area contributed by atoms with Gasteiger partial charge in [-0.15, -0.1) is 5.10 Å². The molecule has 6 rings (SSSR count). The minimum atomic E-state index is -0.607. The van der Waals surface area contributed by atoms with Crippen molar-refractivity contribution in [3.05, 3.63) is 102 Å². The summed E-state index contributed by atoms with van der Waals surface area (Å²) in [5, 5.41) is 14.6. The molecule has 37 heavy (non-hydrogen) atoms. The molecule has 0 bridgehead atoms. The predicted molar refractivity (Wildman–Crippen MR) is 141 cm³/mol. The predicted octanol–water partition coefficient (Wildman–Crippen LogP) is 4.93. The van der Waals surface area contributed by atoms with Crippen molar-refractivity contribution in [1.29, 1.82) is 0 Å². The van der Waals surface area contributed by atoms with Crippen LogP contribution in [0.4, 0.5) is 21.8 Å². The molecule has 1 unspecified atom stereocenters. The van der Waals surface area contributed by atoms with Crippen LogP contribution in [0.2, 0.25) is 0 Å². The maximum atomic E-state index is 15.0. The van der Waals surface area contributed by atoms with E-state index in [0.717, 1.165) is 41.3 Å². The van der Waals surface area contributed by atoms with Gasteiger partial charge in [0.25, 0.3) is 5.89 Å². The van der Waals surface area contributed by atoms with Gasteiger partial charge in [-0.25, -0.2) is 4.39 Å². The Bertz CT molecular complexity index is 1460. The Balaban J connectivity index is 1.27. The number of benzene rings is 3. The van der Waals surface area contributed by atoms with E-state index in [9.17, 15) is 0 Å². The van der Waals surface area contributed by atoms with Crippen LogP contribution in [0.3, 0.4) is 0 Å². The number of para-hydroxylation sites is 1. The highest BCUT2D eigenvalue weighted by Gasteiger charge is 2.24. The molecule has 0 spiro atoms. The normalized spacial score (nSPS) is 17.4. The third-order valence-electron chi connectivity index (χ3n) is 6.36. The quantitative estimate of drug-likeness (QED) is 0.405. The third-order valence-corrected chi connectivity index (χ3v) is 6.36. The van der Waals surface area contributed by atoms with Crippen molar-refractivity contribution in [3.63, 3.8) is 0 Å².